The number of amides is 3. The summed E-state index contributed by atoms with van der Waals surface area (Å²) in [5.74, 6) is 0.261. The quantitative estimate of drug-likeness (QED) is 0.151. The Morgan fingerprint density at radius 1 is 0.865 bits per heavy atom. The molecule has 6 rings (SSSR count). The molecule has 3 amide bonds. The molecule has 0 aliphatic carbocycles. The molecule has 1 fully saturated rings. The normalized spacial score (nSPS) is 13.8. The average Bonchev–Trinajstić information content (AvgIpc) is 3.59. The van der Waals surface area contributed by atoms with Gasteiger partial charge >= 0.3 is 6.09 Å². The summed E-state index contributed by atoms with van der Waals surface area (Å²) in [6.07, 6.45) is 0.0818. The lowest BCUT2D eigenvalue weighted by Crippen LogP contribution is -2.49. The molecule has 5 aromatic rings. The molecule has 3 heterocycles. The van der Waals surface area contributed by atoms with Crippen molar-refractivity contribution in [3.05, 3.63) is 107 Å². The number of anilines is 2. The summed E-state index contributed by atoms with van der Waals surface area (Å²) in [6.45, 7) is 9.80. The van der Waals surface area contributed by atoms with Gasteiger partial charge in [0, 0.05) is 36.6 Å². The Morgan fingerprint density at radius 2 is 1.52 bits per heavy atom. The topological polar surface area (TPSA) is 126 Å². The number of aryl methyl sites for hydroxylation is 1. The number of benzene rings is 3. The maximum Gasteiger partial charge on any atom is 0.408 e. The summed E-state index contributed by atoms with van der Waals surface area (Å²) >= 11 is 1.55. The lowest BCUT2D eigenvalue weighted by atomic mass is 10.0. The van der Waals surface area contributed by atoms with E-state index in [9.17, 15) is 14.4 Å². The maximum atomic E-state index is 13.7. The van der Waals surface area contributed by atoms with Crippen LogP contribution in [-0.4, -0.2) is 77.2 Å². The molecule has 0 saturated carbocycles. The van der Waals surface area contributed by atoms with Crippen molar-refractivity contribution in [2.24, 2.45) is 0 Å². The van der Waals surface area contributed by atoms with Gasteiger partial charge in [-0.05, 0) is 62.1 Å². The van der Waals surface area contributed by atoms with Crippen LogP contribution in [0.3, 0.4) is 0 Å². The first-order valence-corrected chi connectivity index (χ1v) is 18.3. The van der Waals surface area contributed by atoms with E-state index in [1.165, 1.54) is 0 Å². The molecule has 1 saturated heterocycles. The van der Waals surface area contributed by atoms with E-state index >= 15 is 0 Å². The van der Waals surface area contributed by atoms with Gasteiger partial charge in [-0.25, -0.2) is 9.78 Å². The first-order chi connectivity index (χ1) is 25.1. The van der Waals surface area contributed by atoms with Crippen LogP contribution in [0.15, 0.2) is 91.0 Å². The summed E-state index contributed by atoms with van der Waals surface area (Å²) < 4.78 is 11.3. The molecular weight excluding hydrogens is 677 g/mol. The minimum absolute atomic E-state index is 0.0119. The number of piperazine rings is 1. The third-order valence-electron chi connectivity index (χ3n) is 8.62. The Balaban J connectivity index is 1.15. The van der Waals surface area contributed by atoms with Gasteiger partial charge in [0.25, 0.3) is 11.8 Å². The average molecular weight is 721 g/mol. The van der Waals surface area contributed by atoms with E-state index < -0.39 is 23.6 Å². The molecule has 3 aromatic carbocycles. The number of hydrogen-bond donors (Lipinski definition) is 2. The van der Waals surface area contributed by atoms with Crippen LogP contribution in [-0.2, 0) is 27.3 Å². The van der Waals surface area contributed by atoms with Gasteiger partial charge in [0.05, 0.1) is 17.6 Å². The second-order valence-corrected chi connectivity index (χ2v) is 14.7. The van der Waals surface area contributed by atoms with Gasteiger partial charge in [-0.15, -0.1) is 11.3 Å². The summed E-state index contributed by atoms with van der Waals surface area (Å²) in [5.41, 5.74) is 3.08. The number of thiophene rings is 1. The Hall–Kier alpha value is -5.33. The van der Waals surface area contributed by atoms with Crippen LogP contribution >= 0.6 is 11.3 Å². The number of rotatable bonds is 11. The Labute approximate surface area is 308 Å². The Morgan fingerprint density at radius 3 is 2.17 bits per heavy atom. The van der Waals surface area contributed by atoms with Crippen molar-refractivity contribution in [3.63, 3.8) is 0 Å². The van der Waals surface area contributed by atoms with E-state index in [0.29, 0.717) is 37.6 Å². The maximum absolute atomic E-state index is 13.7. The van der Waals surface area contributed by atoms with Crippen LogP contribution < -0.4 is 15.5 Å². The van der Waals surface area contributed by atoms with Crippen molar-refractivity contribution < 1.29 is 23.9 Å². The molecule has 12 heteroatoms. The second kappa shape index (κ2) is 16.3. The molecule has 1 unspecified atom stereocenters. The second-order valence-electron chi connectivity index (χ2n) is 13.5. The van der Waals surface area contributed by atoms with Gasteiger partial charge in [0.1, 0.15) is 23.3 Å². The van der Waals surface area contributed by atoms with Crippen LogP contribution in [0.2, 0.25) is 0 Å². The predicted molar refractivity (Wildman–Crippen MR) is 205 cm³/mol. The lowest BCUT2D eigenvalue weighted by molar-refractivity contribution is -0.121. The van der Waals surface area contributed by atoms with E-state index in [1.807, 2.05) is 98.5 Å². The zero-order chi connectivity index (χ0) is 36.7. The number of nitrogens with one attached hydrogen (secondary N) is 2. The molecule has 0 spiro atoms. The van der Waals surface area contributed by atoms with Gasteiger partial charge in [-0.1, -0.05) is 79.7 Å². The number of aromatic nitrogens is 2. The summed E-state index contributed by atoms with van der Waals surface area (Å²) in [7, 11) is 0. The molecule has 11 nitrogen and oxygen atoms in total. The molecular formula is C40H44N6O5S. The van der Waals surface area contributed by atoms with Gasteiger partial charge in [0.15, 0.2) is 0 Å². The highest BCUT2D eigenvalue weighted by atomic mass is 32.1. The van der Waals surface area contributed by atoms with Crippen LogP contribution in [0.1, 0.15) is 48.5 Å². The van der Waals surface area contributed by atoms with E-state index in [-0.39, 0.29) is 25.1 Å². The molecule has 0 radical (unpaired) electrons. The first-order valence-electron chi connectivity index (χ1n) is 17.5. The van der Waals surface area contributed by atoms with Crippen molar-refractivity contribution in [3.8, 4) is 11.1 Å². The molecule has 1 atom stereocenters. The minimum atomic E-state index is -1.07. The van der Waals surface area contributed by atoms with Crippen LogP contribution in [0.25, 0.3) is 21.3 Å². The van der Waals surface area contributed by atoms with Gasteiger partial charge < -0.3 is 24.6 Å². The van der Waals surface area contributed by atoms with Crippen molar-refractivity contribution in [1.82, 2.24) is 20.2 Å². The number of carbonyl (C=O) groups excluding carboxylic acids is 3. The van der Waals surface area contributed by atoms with Crippen LogP contribution in [0.5, 0.6) is 0 Å². The summed E-state index contributed by atoms with van der Waals surface area (Å²) in [4.78, 5) is 55.3. The highest BCUT2D eigenvalue weighted by Gasteiger charge is 2.28. The lowest BCUT2D eigenvalue weighted by Gasteiger charge is -2.35. The zero-order valence-electron chi connectivity index (χ0n) is 29.9. The van der Waals surface area contributed by atoms with Crippen LogP contribution in [0, 0.1) is 0 Å². The predicted octanol–water partition coefficient (Wildman–Crippen LogP) is 6.93. The van der Waals surface area contributed by atoms with Gasteiger partial charge in [-0.3, -0.25) is 14.9 Å². The van der Waals surface area contributed by atoms with Crippen molar-refractivity contribution in [2.75, 3.05) is 43.0 Å². The molecule has 1 aliphatic rings. The van der Waals surface area contributed by atoms with E-state index in [2.05, 4.69) is 40.7 Å². The Bertz CT molecular complexity index is 1990. The van der Waals surface area contributed by atoms with Gasteiger partial charge in [-0.2, -0.15) is 4.98 Å². The minimum Gasteiger partial charge on any atom is -0.445 e. The van der Waals surface area contributed by atoms with E-state index in [1.54, 1.807) is 11.3 Å². The number of alkyl carbamates (subject to hydrolysis) is 1. The molecule has 270 valence electrons. The number of hydrogen-bond acceptors (Lipinski definition) is 9. The number of fused-ring (bicyclic) bond motifs is 1. The van der Waals surface area contributed by atoms with Crippen LogP contribution in [0.4, 0.5) is 16.6 Å². The largest absolute Gasteiger partial charge is 0.445 e. The monoisotopic (exact) mass is 720 g/mol. The van der Waals surface area contributed by atoms with Crippen molar-refractivity contribution >= 4 is 51.2 Å². The zero-order valence-corrected chi connectivity index (χ0v) is 30.7. The highest BCUT2D eigenvalue weighted by Crippen LogP contribution is 2.33. The molecule has 0 bridgehead atoms. The fourth-order valence-electron chi connectivity index (χ4n) is 5.79. The molecule has 2 aromatic heterocycles. The van der Waals surface area contributed by atoms with Crippen molar-refractivity contribution in [2.45, 2.75) is 52.4 Å². The summed E-state index contributed by atoms with van der Waals surface area (Å²) in [5, 5.41) is 6.37. The first kappa shape index (κ1) is 36.5. The standard InChI is InChI=1S/C40H44N6O5S/c1-5-31-24-32-34(45-20-22-46(23-21-45)37(48)30-18-16-29(17-19-30)28-14-10-7-11-15-28)42-38(44-36(32)52-31)43-35(47)33(26-51-40(2,3)4)41-39(49)50-25-27-12-8-6-9-13-27/h6-19,24,33H,5,20-23,25-26H2,1-4H3,(H,41,49)(H,42,43,44,47). The fraction of sp³-hybridized carbons (Fsp3) is 0.325. The molecule has 2 N–H and O–H groups in total. The number of nitrogens with zero attached hydrogens (tertiary/aromatic N) is 4. The molecule has 1 aliphatic heterocycles. The van der Waals surface area contributed by atoms with E-state index in [0.717, 1.165) is 38.2 Å². The highest BCUT2D eigenvalue weighted by molar-refractivity contribution is 7.18. The fourth-order valence-corrected chi connectivity index (χ4v) is 6.75. The number of carbonyl (C=O) groups is 3. The smallest absolute Gasteiger partial charge is 0.408 e. The Kier molecular flexibility index (Phi) is 11.5. The summed E-state index contributed by atoms with van der Waals surface area (Å²) in [6, 6.07) is 28.1. The third-order valence-corrected chi connectivity index (χ3v) is 9.79. The van der Waals surface area contributed by atoms with E-state index in [4.69, 9.17) is 19.4 Å². The number of ether oxygens (including phenoxy) is 2. The third kappa shape index (κ3) is 9.31. The van der Waals surface area contributed by atoms with Gasteiger partial charge in [0.2, 0.25) is 5.95 Å². The van der Waals surface area contributed by atoms with Crippen molar-refractivity contribution in [1.29, 1.82) is 0 Å². The molecule has 52 heavy (non-hydrogen) atoms. The SMILES string of the molecule is CCc1cc2c(N3CCN(C(=O)c4ccc(-c5ccccc5)cc4)CC3)nc(NC(=O)C(COC(C)(C)C)NC(=O)OCc3ccccc3)nc2s1.